The zero-order valence-corrected chi connectivity index (χ0v) is 18.8. The molecule has 8 heteroatoms. The third kappa shape index (κ3) is 6.15. The molecule has 0 atom stereocenters. The molecule has 1 aliphatic rings. The fraction of sp³-hybridized carbons (Fsp3) is 0.391. The van der Waals surface area contributed by atoms with Gasteiger partial charge in [0.1, 0.15) is 5.75 Å². The number of nitrogens with zero attached hydrogens (tertiary/aromatic N) is 3. The summed E-state index contributed by atoms with van der Waals surface area (Å²) in [6.07, 6.45) is 0.987. The van der Waals surface area contributed by atoms with Crippen molar-refractivity contribution in [2.24, 2.45) is 0 Å². The summed E-state index contributed by atoms with van der Waals surface area (Å²) < 4.78 is 24.8. The molecule has 0 saturated carbocycles. The van der Waals surface area contributed by atoms with Crippen molar-refractivity contribution in [3.63, 3.8) is 0 Å². The molecule has 0 aliphatic carbocycles. The number of sulfone groups is 1. The van der Waals surface area contributed by atoms with Gasteiger partial charge in [-0.05, 0) is 36.2 Å². The van der Waals surface area contributed by atoms with Gasteiger partial charge in [-0.25, -0.2) is 8.42 Å². The molecule has 1 heterocycles. The second-order valence-electron chi connectivity index (χ2n) is 7.94. The van der Waals surface area contributed by atoms with E-state index in [1.165, 1.54) is 48.8 Å². The number of hydrogen-bond acceptors (Lipinski definition) is 5. The minimum Gasteiger partial charge on any atom is -0.348 e. The van der Waals surface area contributed by atoms with E-state index in [1.54, 1.807) is 4.90 Å². The van der Waals surface area contributed by atoms with E-state index in [0.29, 0.717) is 18.7 Å². The molecule has 2 amide bonds. The van der Waals surface area contributed by atoms with Crippen molar-refractivity contribution in [3.05, 3.63) is 65.7 Å². The maximum Gasteiger partial charge on any atom is 0.253 e. The quantitative estimate of drug-likeness (QED) is 0.649. The van der Waals surface area contributed by atoms with E-state index in [-0.39, 0.29) is 10.8 Å². The standard InChI is InChI=1S/C23H29N3O4S/c1-24(2)22(27)18-31(29,30)21-10-8-20(9-11-21)23(28)26-16-14-25(15-17-26)13-12-19-6-4-3-5-7-19/h3-11H,12-18H2,1-2H3. The summed E-state index contributed by atoms with van der Waals surface area (Å²) in [5.41, 5.74) is 1.76. The highest BCUT2D eigenvalue weighted by Crippen LogP contribution is 2.15. The Labute approximate surface area is 184 Å². The van der Waals surface area contributed by atoms with Crippen LogP contribution in [0.4, 0.5) is 0 Å². The van der Waals surface area contributed by atoms with Gasteiger partial charge in [-0.1, -0.05) is 30.3 Å². The average molecular weight is 444 g/mol. The largest absolute Gasteiger partial charge is 0.348 e. The number of carbonyl (C=O) groups is 2. The summed E-state index contributed by atoms with van der Waals surface area (Å²) >= 11 is 0. The van der Waals surface area contributed by atoms with Crippen molar-refractivity contribution in [1.82, 2.24) is 14.7 Å². The molecule has 1 saturated heterocycles. The number of rotatable bonds is 7. The van der Waals surface area contributed by atoms with Gasteiger partial charge in [-0.2, -0.15) is 0 Å². The molecule has 0 aromatic heterocycles. The first-order valence-electron chi connectivity index (χ1n) is 10.3. The van der Waals surface area contributed by atoms with E-state index < -0.39 is 21.5 Å². The molecule has 2 aromatic rings. The van der Waals surface area contributed by atoms with Gasteiger partial charge in [-0.3, -0.25) is 14.5 Å². The Morgan fingerprint density at radius 3 is 2.10 bits per heavy atom. The Bertz CT molecular complexity index is 997. The van der Waals surface area contributed by atoms with Crippen molar-refractivity contribution >= 4 is 21.7 Å². The monoisotopic (exact) mass is 443 g/mol. The Morgan fingerprint density at radius 1 is 0.903 bits per heavy atom. The molecule has 166 valence electrons. The Hall–Kier alpha value is -2.71. The summed E-state index contributed by atoms with van der Waals surface area (Å²) in [6.45, 7) is 3.88. The maximum absolute atomic E-state index is 12.8. The number of amides is 2. The molecule has 31 heavy (non-hydrogen) atoms. The van der Waals surface area contributed by atoms with E-state index in [1.807, 2.05) is 18.2 Å². The van der Waals surface area contributed by atoms with E-state index in [4.69, 9.17) is 0 Å². The highest BCUT2D eigenvalue weighted by atomic mass is 32.2. The molecule has 0 N–H and O–H groups in total. The van der Waals surface area contributed by atoms with E-state index in [0.717, 1.165) is 26.1 Å². The maximum atomic E-state index is 12.8. The van der Waals surface area contributed by atoms with Gasteiger partial charge >= 0.3 is 0 Å². The van der Waals surface area contributed by atoms with Crippen LogP contribution in [0.25, 0.3) is 0 Å². The fourth-order valence-electron chi connectivity index (χ4n) is 3.47. The van der Waals surface area contributed by atoms with Gasteiger partial charge < -0.3 is 9.80 Å². The van der Waals surface area contributed by atoms with Crippen LogP contribution in [0.5, 0.6) is 0 Å². The van der Waals surface area contributed by atoms with Crippen LogP contribution >= 0.6 is 0 Å². The van der Waals surface area contributed by atoms with Crippen LogP contribution in [0, 0.1) is 0 Å². The summed E-state index contributed by atoms with van der Waals surface area (Å²) in [5, 5.41) is 0. The summed E-state index contributed by atoms with van der Waals surface area (Å²) in [5.74, 6) is -1.17. The Balaban J connectivity index is 1.53. The van der Waals surface area contributed by atoms with E-state index in [2.05, 4.69) is 17.0 Å². The fourth-order valence-corrected chi connectivity index (χ4v) is 4.77. The van der Waals surface area contributed by atoms with Gasteiger partial charge in [0.25, 0.3) is 5.91 Å². The molecule has 7 nitrogen and oxygen atoms in total. The third-order valence-electron chi connectivity index (χ3n) is 5.49. The molecule has 0 bridgehead atoms. The van der Waals surface area contributed by atoms with Gasteiger partial charge in [-0.15, -0.1) is 0 Å². The van der Waals surface area contributed by atoms with E-state index >= 15 is 0 Å². The molecular weight excluding hydrogens is 414 g/mol. The van der Waals surface area contributed by atoms with Crippen LogP contribution < -0.4 is 0 Å². The van der Waals surface area contributed by atoms with Gasteiger partial charge in [0.05, 0.1) is 4.90 Å². The van der Waals surface area contributed by atoms with Crippen LogP contribution in [0.2, 0.25) is 0 Å². The zero-order valence-electron chi connectivity index (χ0n) is 18.0. The molecule has 1 aliphatic heterocycles. The van der Waals surface area contributed by atoms with Crippen molar-refractivity contribution in [2.45, 2.75) is 11.3 Å². The van der Waals surface area contributed by atoms with Crippen molar-refractivity contribution in [2.75, 3.05) is 52.6 Å². The lowest BCUT2D eigenvalue weighted by atomic mass is 10.1. The van der Waals surface area contributed by atoms with Gasteiger partial charge in [0, 0.05) is 52.4 Å². The predicted octanol–water partition coefficient (Wildman–Crippen LogP) is 1.55. The SMILES string of the molecule is CN(C)C(=O)CS(=O)(=O)c1ccc(C(=O)N2CCN(CCc3ccccc3)CC2)cc1. The topological polar surface area (TPSA) is 78.0 Å². The molecule has 0 unspecified atom stereocenters. The minimum absolute atomic E-state index is 0.0463. The second kappa shape index (κ2) is 10.1. The van der Waals surface area contributed by atoms with Crippen LogP contribution in [0.3, 0.4) is 0 Å². The lowest BCUT2D eigenvalue weighted by Gasteiger charge is -2.34. The molecule has 0 spiro atoms. The van der Waals surface area contributed by atoms with Crippen molar-refractivity contribution in [3.8, 4) is 0 Å². The number of hydrogen-bond donors (Lipinski definition) is 0. The van der Waals surface area contributed by atoms with Crippen molar-refractivity contribution < 1.29 is 18.0 Å². The van der Waals surface area contributed by atoms with Gasteiger partial charge in [0.15, 0.2) is 9.84 Å². The normalized spacial score (nSPS) is 15.0. The third-order valence-corrected chi connectivity index (χ3v) is 7.11. The zero-order chi connectivity index (χ0) is 22.4. The van der Waals surface area contributed by atoms with Gasteiger partial charge in [0.2, 0.25) is 5.91 Å². The first-order chi connectivity index (χ1) is 14.8. The Morgan fingerprint density at radius 2 is 1.52 bits per heavy atom. The second-order valence-corrected chi connectivity index (χ2v) is 9.93. The summed E-state index contributed by atoms with van der Waals surface area (Å²) in [4.78, 5) is 30.0. The first kappa shape index (κ1) is 23.0. The number of carbonyl (C=O) groups excluding carboxylic acids is 2. The molecule has 1 fully saturated rings. The Kier molecular flexibility index (Phi) is 7.46. The molecular formula is C23H29N3O4S. The average Bonchev–Trinajstić information content (AvgIpc) is 2.78. The number of piperazine rings is 1. The minimum atomic E-state index is -3.73. The van der Waals surface area contributed by atoms with Crippen LogP contribution in [-0.2, 0) is 21.1 Å². The van der Waals surface area contributed by atoms with Crippen LogP contribution in [-0.4, -0.2) is 87.5 Å². The van der Waals surface area contributed by atoms with Crippen molar-refractivity contribution in [1.29, 1.82) is 0 Å². The van der Waals surface area contributed by atoms with Crippen LogP contribution in [0.15, 0.2) is 59.5 Å². The highest BCUT2D eigenvalue weighted by molar-refractivity contribution is 7.92. The first-order valence-corrected chi connectivity index (χ1v) is 12.0. The summed E-state index contributed by atoms with van der Waals surface area (Å²) in [7, 11) is -0.701. The van der Waals surface area contributed by atoms with Crippen LogP contribution in [0.1, 0.15) is 15.9 Å². The molecule has 2 aromatic carbocycles. The summed E-state index contributed by atoms with van der Waals surface area (Å²) in [6, 6.07) is 16.2. The number of benzene rings is 2. The predicted molar refractivity (Wildman–Crippen MR) is 120 cm³/mol. The molecule has 3 rings (SSSR count). The molecule has 0 radical (unpaired) electrons. The van der Waals surface area contributed by atoms with E-state index in [9.17, 15) is 18.0 Å². The lowest BCUT2D eigenvalue weighted by Crippen LogP contribution is -2.49. The smallest absolute Gasteiger partial charge is 0.253 e. The lowest BCUT2D eigenvalue weighted by molar-refractivity contribution is -0.125. The highest BCUT2D eigenvalue weighted by Gasteiger charge is 2.24.